The standard InChI is InChI=1S/C28H30F4O5/c1-14-8-19-18-5-4-15-9-17(33)6-7-25(15,2)27(18,32)22(34)12-26(19,3)28(14,36)23(35)13-37-24-20(30)10-16(29)11-21(24)31/h6-7,9-11,14,18-19,22,34,36H,4-5,8,12-13H2,1-3H3/t14-,18?,19?,22+,25?,26?,27+,28+/m1/s1. The lowest BCUT2D eigenvalue weighted by Gasteiger charge is -2.62. The van der Waals surface area contributed by atoms with Crippen molar-refractivity contribution in [3.05, 3.63) is 53.4 Å². The predicted molar refractivity (Wildman–Crippen MR) is 125 cm³/mol. The van der Waals surface area contributed by atoms with Crippen molar-refractivity contribution in [2.24, 2.45) is 28.6 Å². The first-order chi connectivity index (χ1) is 17.2. The van der Waals surface area contributed by atoms with Crippen molar-refractivity contribution in [2.45, 2.75) is 63.8 Å². The quantitative estimate of drug-likeness (QED) is 0.573. The van der Waals surface area contributed by atoms with Crippen molar-refractivity contribution in [1.29, 1.82) is 0 Å². The molecule has 0 aromatic heterocycles. The summed E-state index contributed by atoms with van der Waals surface area (Å²) in [5.41, 5.74) is -6.03. The molecule has 4 unspecified atom stereocenters. The van der Waals surface area contributed by atoms with Gasteiger partial charge in [0.25, 0.3) is 0 Å². The van der Waals surface area contributed by atoms with Crippen LogP contribution < -0.4 is 4.74 Å². The third-order valence-electron chi connectivity index (χ3n) is 9.96. The Balaban J connectivity index is 1.47. The summed E-state index contributed by atoms with van der Waals surface area (Å²) in [5, 5.41) is 23.2. The van der Waals surface area contributed by atoms with Gasteiger partial charge in [-0.2, -0.15) is 0 Å². The van der Waals surface area contributed by atoms with E-state index in [2.05, 4.69) is 0 Å². The Labute approximate surface area is 212 Å². The molecular formula is C28H30F4O5. The molecule has 200 valence electrons. The molecule has 37 heavy (non-hydrogen) atoms. The van der Waals surface area contributed by atoms with Crippen LogP contribution in [-0.4, -0.2) is 45.8 Å². The summed E-state index contributed by atoms with van der Waals surface area (Å²) in [4.78, 5) is 25.4. The number of ether oxygens (including phenoxy) is 1. The van der Waals surface area contributed by atoms with Gasteiger partial charge in [-0.3, -0.25) is 9.59 Å². The Morgan fingerprint density at radius 3 is 2.46 bits per heavy atom. The van der Waals surface area contributed by atoms with Gasteiger partial charge >= 0.3 is 0 Å². The second kappa shape index (κ2) is 8.24. The highest BCUT2D eigenvalue weighted by atomic mass is 19.2. The molecule has 4 aliphatic carbocycles. The number of alkyl halides is 1. The lowest BCUT2D eigenvalue weighted by Crippen LogP contribution is -2.69. The van der Waals surface area contributed by atoms with Crippen LogP contribution in [0.3, 0.4) is 0 Å². The molecule has 5 rings (SSSR count). The van der Waals surface area contributed by atoms with Crippen molar-refractivity contribution in [3.8, 4) is 5.75 Å². The number of hydrogen-bond acceptors (Lipinski definition) is 5. The van der Waals surface area contributed by atoms with Gasteiger partial charge in [-0.1, -0.05) is 25.5 Å². The summed E-state index contributed by atoms with van der Waals surface area (Å²) in [6.45, 7) is 4.09. The van der Waals surface area contributed by atoms with E-state index in [1.165, 1.54) is 18.2 Å². The molecule has 0 heterocycles. The molecule has 2 N–H and O–H groups in total. The zero-order valence-electron chi connectivity index (χ0n) is 20.9. The Bertz CT molecular complexity index is 1220. The van der Waals surface area contributed by atoms with Gasteiger partial charge in [-0.05, 0) is 56.6 Å². The summed E-state index contributed by atoms with van der Waals surface area (Å²) in [6.07, 6.45) is 3.54. The number of rotatable bonds is 4. The molecule has 3 fully saturated rings. The maximum atomic E-state index is 17.2. The number of fused-ring (bicyclic) bond motifs is 5. The monoisotopic (exact) mass is 522 g/mol. The molecule has 0 bridgehead atoms. The zero-order valence-corrected chi connectivity index (χ0v) is 20.9. The number of aliphatic hydroxyl groups is 2. The second-order valence-electron chi connectivity index (χ2n) is 11.6. The minimum atomic E-state index is -2.12. The van der Waals surface area contributed by atoms with E-state index >= 15 is 4.39 Å². The molecule has 4 aliphatic rings. The van der Waals surface area contributed by atoms with Crippen LogP contribution in [0, 0.1) is 46.0 Å². The summed E-state index contributed by atoms with van der Waals surface area (Å²) in [6, 6.07) is 0.843. The SMILES string of the molecule is C[C@@H]1CC2C3CCC4=CC(=O)C=CC4(C)[C@@]3(F)[C@@H](O)CC2(C)[C@@]1(O)C(=O)COc1c(F)cc(F)cc1F. The van der Waals surface area contributed by atoms with Gasteiger partial charge in [0, 0.05) is 28.9 Å². The molecule has 0 aliphatic heterocycles. The van der Waals surface area contributed by atoms with Crippen molar-refractivity contribution in [1.82, 2.24) is 0 Å². The molecule has 3 saturated carbocycles. The number of allylic oxidation sites excluding steroid dienone is 4. The van der Waals surface area contributed by atoms with E-state index in [1.807, 2.05) is 0 Å². The van der Waals surface area contributed by atoms with Gasteiger partial charge in [0.2, 0.25) is 5.78 Å². The summed E-state index contributed by atoms with van der Waals surface area (Å²) in [5.74, 6) is -7.67. The highest BCUT2D eigenvalue weighted by Gasteiger charge is 2.75. The largest absolute Gasteiger partial charge is 0.480 e. The van der Waals surface area contributed by atoms with Gasteiger partial charge in [-0.15, -0.1) is 0 Å². The van der Waals surface area contributed by atoms with Gasteiger partial charge in [-0.25, -0.2) is 17.6 Å². The lowest BCUT2D eigenvalue weighted by molar-refractivity contribution is -0.219. The second-order valence-corrected chi connectivity index (χ2v) is 11.6. The number of benzene rings is 1. The van der Waals surface area contributed by atoms with Gasteiger partial charge in [0.05, 0.1) is 6.10 Å². The molecular weight excluding hydrogens is 492 g/mol. The fourth-order valence-corrected chi connectivity index (χ4v) is 8.06. The van der Waals surface area contributed by atoms with E-state index in [0.29, 0.717) is 37.0 Å². The van der Waals surface area contributed by atoms with E-state index in [1.54, 1.807) is 20.8 Å². The molecule has 0 spiro atoms. The predicted octanol–water partition coefficient (Wildman–Crippen LogP) is 4.40. The third-order valence-corrected chi connectivity index (χ3v) is 9.96. The summed E-state index contributed by atoms with van der Waals surface area (Å²) >= 11 is 0. The number of Topliss-reactive ketones (excluding diaryl/α,β-unsaturated/α-hetero) is 1. The van der Waals surface area contributed by atoms with Gasteiger partial charge in [0.1, 0.15) is 18.0 Å². The maximum Gasteiger partial charge on any atom is 0.202 e. The number of aliphatic hydroxyl groups excluding tert-OH is 1. The van der Waals surface area contributed by atoms with Crippen molar-refractivity contribution < 1.29 is 42.1 Å². The molecule has 0 radical (unpaired) electrons. The Kier molecular flexibility index (Phi) is 5.81. The molecule has 0 amide bonds. The van der Waals surface area contributed by atoms with Crippen LogP contribution in [0.15, 0.2) is 35.9 Å². The van der Waals surface area contributed by atoms with Crippen LogP contribution in [0.5, 0.6) is 5.75 Å². The van der Waals surface area contributed by atoms with Gasteiger partial charge < -0.3 is 14.9 Å². The number of carbonyl (C=O) groups is 2. The Morgan fingerprint density at radius 1 is 1.16 bits per heavy atom. The minimum absolute atomic E-state index is 0.229. The summed E-state index contributed by atoms with van der Waals surface area (Å²) < 4.78 is 63.6. The molecule has 5 nitrogen and oxygen atoms in total. The number of carbonyl (C=O) groups excluding carboxylic acids is 2. The van der Waals surface area contributed by atoms with Crippen molar-refractivity contribution >= 4 is 11.6 Å². The smallest absolute Gasteiger partial charge is 0.202 e. The van der Waals surface area contributed by atoms with Gasteiger partial charge in [0.15, 0.2) is 28.8 Å². The zero-order chi connectivity index (χ0) is 27.1. The van der Waals surface area contributed by atoms with Crippen LogP contribution in [0.25, 0.3) is 0 Å². The fraction of sp³-hybridized carbons (Fsp3) is 0.571. The number of ketones is 2. The van der Waals surface area contributed by atoms with Crippen LogP contribution in [0.2, 0.25) is 0 Å². The Hall–Kier alpha value is -2.52. The topological polar surface area (TPSA) is 83.8 Å². The van der Waals surface area contributed by atoms with E-state index < -0.39 is 81.5 Å². The van der Waals surface area contributed by atoms with Crippen LogP contribution in [-0.2, 0) is 9.59 Å². The Morgan fingerprint density at radius 2 is 1.81 bits per heavy atom. The van der Waals surface area contributed by atoms with Crippen molar-refractivity contribution in [3.63, 3.8) is 0 Å². The lowest BCUT2D eigenvalue weighted by atomic mass is 9.44. The molecule has 8 atom stereocenters. The van der Waals surface area contributed by atoms with Crippen LogP contribution in [0.4, 0.5) is 17.6 Å². The first kappa shape index (κ1) is 26.1. The highest BCUT2D eigenvalue weighted by molar-refractivity contribution is 6.01. The third kappa shape index (κ3) is 3.29. The summed E-state index contributed by atoms with van der Waals surface area (Å²) in [7, 11) is 0. The molecule has 9 heteroatoms. The molecule has 1 aromatic rings. The van der Waals surface area contributed by atoms with Crippen LogP contribution >= 0.6 is 0 Å². The van der Waals surface area contributed by atoms with Crippen molar-refractivity contribution in [2.75, 3.05) is 6.61 Å². The fourth-order valence-electron chi connectivity index (χ4n) is 8.06. The van der Waals surface area contributed by atoms with E-state index in [0.717, 1.165) is 0 Å². The average Bonchev–Trinajstić information content (AvgIpc) is 3.01. The first-order valence-corrected chi connectivity index (χ1v) is 12.5. The number of hydrogen-bond donors (Lipinski definition) is 2. The normalized spacial score (nSPS) is 42.5. The van der Waals surface area contributed by atoms with E-state index in [-0.39, 0.29) is 12.2 Å². The van der Waals surface area contributed by atoms with E-state index in [9.17, 15) is 33.0 Å². The minimum Gasteiger partial charge on any atom is -0.480 e. The van der Waals surface area contributed by atoms with E-state index in [4.69, 9.17) is 4.74 Å². The highest BCUT2D eigenvalue weighted by Crippen LogP contribution is 2.70. The first-order valence-electron chi connectivity index (χ1n) is 12.5. The van der Waals surface area contributed by atoms with Crippen LogP contribution in [0.1, 0.15) is 46.5 Å². The average molecular weight is 523 g/mol. The molecule has 1 aromatic carbocycles. The molecule has 0 saturated heterocycles. The maximum absolute atomic E-state index is 17.2. The number of halogens is 4.